The Morgan fingerprint density at radius 2 is 1.05 bits per heavy atom. The van der Waals surface area contributed by atoms with Crippen LogP contribution in [0.2, 0.25) is 0 Å². The van der Waals surface area contributed by atoms with Crippen molar-refractivity contribution >= 4 is 23.6 Å². The SMILES string of the molecule is CCCCC(CC)C(c1ccc(OC(=O)Nc2ccccc2)cc1)c1ccc(OC(=O)Nc2ccccc2)cc1. The first kappa shape index (κ1) is 28.4. The van der Waals surface area contributed by atoms with Gasteiger partial charge in [0.15, 0.2) is 0 Å². The van der Waals surface area contributed by atoms with Crippen molar-refractivity contribution in [2.24, 2.45) is 5.92 Å². The van der Waals surface area contributed by atoms with E-state index in [0.717, 1.165) is 36.8 Å². The lowest BCUT2D eigenvalue weighted by Gasteiger charge is -2.28. The van der Waals surface area contributed by atoms with Crippen LogP contribution in [0.4, 0.5) is 21.0 Å². The molecule has 6 heteroatoms. The predicted molar refractivity (Wildman–Crippen MR) is 160 cm³/mol. The molecule has 0 saturated heterocycles. The van der Waals surface area contributed by atoms with Crippen LogP contribution in [0.1, 0.15) is 56.6 Å². The van der Waals surface area contributed by atoms with Gasteiger partial charge in [0.2, 0.25) is 0 Å². The lowest BCUT2D eigenvalue weighted by molar-refractivity contribution is 0.214. The zero-order chi connectivity index (χ0) is 28.2. The smallest absolute Gasteiger partial charge is 0.410 e. The average Bonchev–Trinajstić information content (AvgIpc) is 2.97. The monoisotopic (exact) mass is 536 g/mol. The van der Waals surface area contributed by atoms with E-state index in [4.69, 9.17) is 9.47 Å². The van der Waals surface area contributed by atoms with Crippen molar-refractivity contribution in [3.8, 4) is 11.5 Å². The average molecular weight is 537 g/mol. The maximum atomic E-state index is 12.3. The summed E-state index contributed by atoms with van der Waals surface area (Å²) in [6.07, 6.45) is 3.35. The molecule has 0 aliphatic rings. The number of benzene rings is 4. The van der Waals surface area contributed by atoms with Gasteiger partial charge >= 0.3 is 12.2 Å². The lowest BCUT2D eigenvalue weighted by Crippen LogP contribution is -2.17. The number of hydrogen-bond donors (Lipinski definition) is 2. The van der Waals surface area contributed by atoms with E-state index in [1.54, 1.807) is 0 Å². The van der Waals surface area contributed by atoms with Gasteiger partial charge in [-0.25, -0.2) is 9.59 Å². The first-order valence-corrected chi connectivity index (χ1v) is 13.8. The van der Waals surface area contributed by atoms with Gasteiger partial charge in [-0.3, -0.25) is 10.6 Å². The molecule has 2 N–H and O–H groups in total. The summed E-state index contributed by atoms with van der Waals surface area (Å²) in [5.74, 6) is 1.54. The highest BCUT2D eigenvalue weighted by molar-refractivity contribution is 5.86. The van der Waals surface area contributed by atoms with Crippen molar-refractivity contribution in [1.29, 1.82) is 0 Å². The summed E-state index contributed by atoms with van der Waals surface area (Å²) >= 11 is 0. The van der Waals surface area contributed by atoms with E-state index >= 15 is 0 Å². The van der Waals surface area contributed by atoms with E-state index in [9.17, 15) is 9.59 Å². The number of nitrogens with one attached hydrogen (secondary N) is 2. The fraction of sp³-hybridized carbons (Fsp3) is 0.235. The molecule has 0 heterocycles. The van der Waals surface area contributed by atoms with Crippen LogP contribution in [0.15, 0.2) is 109 Å². The Balaban J connectivity index is 1.47. The third-order valence-electron chi connectivity index (χ3n) is 6.86. The Bertz CT molecular complexity index is 1240. The molecule has 0 aliphatic heterocycles. The van der Waals surface area contributed by atoms with Crippen LogP contribution in [-0.4, -0.2) is 12.2 Å². The highest BCUT2D eigenvalue weighted by Gasteiger charge is 2.24. The fourth-order valence-corrected chi connectivity index (χ4v) is 4.84. The van der Waals surface area contributed by atoms with Crippen molar-refractivity contribution in [3.05, 3.63) is 120 Å². The van der Waals surface area contributed by atoms with Gasteiger partial charge in [0.1, 0.15) is 11.5 Å². The lowest BCUT2D eigenvalue weighted by atomic mass is 9.77. The minimum absolute atomic E-state index is 0.149. The minimum atomic E-state index is -0.531. The van der Waals surface area contributed by atoms with Gasteiger partial charge in [0.05, 0.1) is 0 Å². The highest BCUT2D eigenvalue weighted by Crippen LogP contribution is 2.38. The summed E-state index contributed by atoms with van der Waals surface area (Å²) in [5.41, 5.74) is 3.65. The molecule has 0 aromatic heterocycles. The molecule has 0 fully saturated rings. The van der Waals surface area contributed by atoms with Gasteiger partial charge in [0.25, 0.3) is 0 Å². The number of unbranched alkanes of at least 4 members (excludes halogenated alkanes) is 1. The Kier molecular flexibility index (Phi) is 10.3. The molecule has 0 aliphatic carbocycles. The summed E-state index contributed by atoms with van der Waals surface area (Å²) in [6, 6.07) is 33.9. The van der Waals surface area contributed by atoms with E-state index < -0.39 is 12.2 Å². The first-order chi connectivity index (χ1) is 19.6. The van der Waals surface area contributed by atoms with Crippen molar-refractivity contribution in [3.63, 3.8) is 0 Å². The van der Waals surface area contributed by atoms with Crippen LogP contribution in [0, 0.1) is 5.92 Å². The Labute approximate surface area is 236 Å². The second-order valence-electron chi connectivity index (χ2n) is 9.69. The van der Waals surface area contributed by atoms with E-state index in [1.165, 1.54) is 0 Å². The van der Waals surface area contributed by atoms with Crippen LogP contribution in [0.25, 0.3) is 0 Å². The zero-order valence-electron chi connectivity index (χ0n) is 23.0. The fourth-order valence-electron chi connectivity index (χ4n) is 4.84. The summed E-state index contributed by atoms with van der Waals surface area (Å²) in [5, 5.41) is 5.47. The number of carbonyl (C=O) groups is 2. The standard InChI is InChI=1S/C34H36N2O4/c1-3-5-12-25(4-2)32(26-17-21-30(22-18-26)39-33(37)35-28-13-8-6-9-14-28)27-19-23-31(24-20-27)40-34(38)36-29-15-10-7-11-16-29/h6-11,13-25,32H,3-5,12H2,1-2H3,(H,35,37)(H,36,38). The first-order valence-electron chi connectivity index (χ1n) is 13.8. The topological polar surface area (TPSA) is 76.7 Å². The van der Waals surface area contributed by atoms with E-state index in [2.05, 4.69) is 24.5 Å². The second-order valence-corrected chi connectivity index (χ2v) is 9.69. The molecule has 2 amide bonds. The molecule has 4 rings (SSSR count). The normalized spacial score (nSPS) is 11.5. The molecule has 0 saturated carbocycles. The molecule has 4 aromatic rings. The van der Waals surface area contributed by atoms with Crippen LogP contribution >= 0.6 is 0 Å². The summed E-state index contributed by atoms with van der Waals surface area (Å²) in [6.45, 7) is 4.44. The van der Waals surface area contributed by atoms with Crippen LogP contribution in [-0.2, 0) is 0 Å². The highest BCUT2D eigenvalue weighted by atomic mass is 16.6. The molecule has 6 nitrogen and oxygen atoms in total. The number of para-hydroxylation sites is 2. The number of ether oxygens (including phenoxy) is 2. The Morgan fingerprint density at radius 3 is 1.43 bits per heavy atom. The quantitative estimate of drug-likeness (QED) is 0.200. The molecule has 206 valence electrons. The van der Waals surface area contributed by atoms with Gasteiger partial charge in [-0.05, 0) is 72.0 Å². The van der Waals surface area contributed by atoms with Gasteiger partial charge in [-0.1, -0.05) is 93.8 Å². The maximum Gasteiger partial charge on any atom is 0.417 e. The van der Waals surface area contributed by atoms with Crippen LogP contribution < -0.4 is 20.1 Å². The number of rotatable bonds is 11. The Morgan fingerprint density at radius 1 is 0.625 bits per heavy atom. The largest absolute Gasteiger partial charge is 0.417 e. The van der Waals surface area contributed by atoms with Crippen molar-refractivity contribution < 1.29 is 19.1 Å². The minimum Gasteiger partial charge on any atom is -0.410 e. The Hall–Kier alpha value is -4.58. The molecule has 1 unspecified atom stereocenters. The molecule has 0 spiro atoms. The van der Waals surface area contributed by atoms with Crippen molar-refractivity contribution in [1.82, 2.24) is 0 Å². The summed E-state index contributed by atoms with van der Waals surface area (Å²) in [7, 11) is 0. The molecule has 4 aromatic carbocycles. The summed E-state index contributed by atoms with van der Waals surface area (Å²) < 4.78 is 11.0. The maximum absolute atomic E-state index is 12.3. The van der Waals surface area contributed by atoms with Gasteiger partial charge in [-0.15, -0.1) is 0 Å². The van der Waals surface area contributed by atoms with Crippen molar-refractivity contribution in [2.45, 2.75) is 45.4 Å². The van der Waals surface area contributed by atoms with Crippen molar-refractivity contribution in [2.75, 3.05) is 10.6 Å². The molecular weight excluding hydrogens is 500 g/mol. The molecular formula is C34H36N2O4. The number of anilines is 2. The molecule has 40 heavy (non-hydrogen) atoms. The van der Waals surface area contributed by atoms with E-state index in [-0.39, 0.29) is 5.92 Å². The zero-order valence-corrected chi connectivity index (χ0v) is 23.0. The molecule has 0 radical (unpaired) electrons. The van der Waals surface area contributed by atoms with Crippen LogP contribution in [0.3, 0.4) is 0 Å². The molecule has 1 atom stereocenters. The van der Waals surface area contributed by atoms with Gasteiger partial charge in [0, 0.05) is 17.3 Å². The molecule has 0 bridgehead atoms. The van der Waals surface area contributed by atoms with Crippen LogP contribution in [0.5, 0.6) is 11.5 Å². The van der Waals surface area contributed by atoms with Gasteiger partial charge in [-0.2, -0.15) is 0 Å². The summed E-state index contributed by atoms with van der Waals surface area (Å²) in [4.78, 5) is 24.7. The third kappa shape index (κ3) is 8.21. The van der Waals surface area contributed by atoms with E-state index in [1.807, 2.05) is 109 Å². The van der Waals surface area contributed by atoms with Gasteiger partial charge < -0.3 is 9.47 Å². The predicted octanol–water partition coefficient (Wildman–Crippen LogP) is 9.26. The third-order valence-corrected chi connectivity index (χ3v) is 6.86. The number of carbonyl (C=O) groups excluding carboxylic acids is 2. The number of amides is 2. The second kappa shape index (κ2) is 14.5. The number of hydrogen-bond acceptors (Lipinski definition) is 4. The van der Waals surface area contributed by atoms with E-state index in [0.29, 0.717) is 28.8 Å².